The zero-order valence-corrected chi connectivity index (χ0v) is 10.7. The smallest absolute Gasteiger partial charge is 0.232 e. The molecule has 1 fully saturated rings. The van der Waals surface area contributed by atoms with E-state index >= 15 is 0 Å². The highest BCUT2D eigenvalue weighted by Gasteiger charge is 2.19. The molecule has 0 spiro atoms. The second-order valence-electron chi connectivity index (χ2n) is 4.46. The van der Waals surface area contributed by atoms with Gasteiger partial charge in [0.2, 0.25) is 5.91 Å². The van der Waals surface area contributed by atoms with E-state index in [1.165, 1.54) is 12.8 Å². The van der Waals surface area contributed by atoms with Crippen molar-refractivity contribution in [1.29, 1.82) is 0 Å². The molecule has 0 saturated heterocycles. The van der Waals surface area contributed by atoms with E-state index in [4.69, 9.17) is 5.73 Å². The van der Waals surface area contributed by atoms with Crippen molar-refractivity contribution in [2.75, 3.05) is 12.3 Å². The van der Waals surface area contributed by atoms with E-state index in [1.807, 2.05) is 6.92 Å². The number of carbonyl (C=O) groups is 1. The van der Waals surface area contributed by atoms with Crippen LogP contribution in [0.5, 0.6) is 0 Å². The van der Waals surface area contributed by atoms with Gasteiger partial charge in [0.05, 0.1) is 0 Å². The quantitative estimate of drug-likeness (QED) is 0.718. The molecule has 16 heavy (non-hydrogen) atoms. The fraction of sp³-hybridized carbons (Fsp3) is 0.909. The predicted octanol–water partition coefficient (Wildman–Crippen LogP) is 0.531. The third-order valence-electron chi connectivity index (χ3n) is 3.02. The maximum Gasteiger partial charge on any atom is 0.232 e. The van der Waals surface area contributed by atoms with Gasteiger partial charge >= 0.3 is 0 Å². The first-order valence-corrected chi connectivity index (χ1v) is 7.38. The molecule has 2 atom stereocenters. The van der Waals surface area contributed by atoms with Crippen molar-refractivity contribution in [3.8, 4) is 0 Å². The highest BCUT2D eigenvalue weighted by Crippen LogP contribution is 2.17. The van der Waals surface area contributed by atoms with Crippen LogP contribution in [0.1, 0.15) is 39.0 Å². The van der Waals surface area contributed by atoms with Crippen molar-refractivity contribution < 1.29 is 9.00 Å². The molecule has 1 rings (SSSR count). The van der Waals surface area contributed by atoms with Crippen molar-refractivity contribution in [2.45, 2.75) is 50.3 Å². The Hall–Kier alpha value is -0.420. The lowest BCUT2D eigenvalue weighted by Gasteiger charge is -2.13. The molecular weight excluding hydrogens is 224 g/mol. The maximum atomic E-state index is 11.7. The molecule has 0 aromatic heterocycles. The molecule has 0 radical (unpaired) electrons. The summed E-state index contributed by atoms with van der Waals surface area (Å²) in [6.45, 7) is 2.41. The van der Waals surface area contributed by atoms with Crippen molar-refractivity contribution in [1.82, 2.24) is 5.32 Å². The van der Waals surface area contributed by atoms with Crippen LogP contribution >= 0.6 is 0 Å². The van der Waals surface area contributed by atoms with E-state index in [-0.39, 0.29) is 16.9 Å². The summed E-state index contributed by atoms with van der Waals surface area (Å²) in [6.07, 6.45) is 5.23. The molecule has 0 aliphatic heterocycles. The predicted molar refractivity (Wildman–Crippen MR) is 66.5 cm³/mol. The highest BCUT2D eigenvalue weighted by molar-refractivity contribution is 7.86. The van der Waals surface area contributed by atoms with Crippen LogP contribution in [0.15, 0.2) is 0 Å². The normalized spacial score (nSPS) is 20.6. The van der Waals surface area contributed by atoms with E-state index in [0.717, 1.165) is 12.8 Å². The zero-order chi connectivity index (χ0) is 12.0. The molecule has 0 bridgehead atoms. The summed E-state index contributed by atoms with van der Waals surface area (Å²) in [7, 11) is -1.09. The topological polar surface area (TPSA) is 72.2 Å². The average molecular weight is 246 g/mol. The van der Waals surface area contributed by atoms with Crippen molar-refractivity contribution in [3.63, 3.8) is 0 Å². The first-order chi connectivity index (χ1) is 7.63. The molecule has 1 saturated carbocycles. The van der Waals surface area contributed by atoms with E-state index in [2.05, 4.69) is 5.32 Å². The lowest BCUT2D eigenvalue weighted by Crippen LogP contribution is -2.37. The molecule has 0 heterocycles. The monoisotopic (exact) mass is 246 g/mol. The first kappa shape index (κ1) is 13.6. The maximum absolute atomic E-state index is 11.7. The first-order valence-electron chi connectivity index (χ1n) is 6.00. The van der Waals surface area contributed by atoms with Crippen molar-refractivity contribution in [2.24, 2.45) is 5.73 Å². The second kappa shape index (κ2) is 7.01. The molecular formula is C11H22N2O2S. The molecule has 1 aliphatic carbocycles. The number of amides is 1. The number of nitrogens with two attached hydrogens (primary N) is 1. The number of hydrogen-bond donors (Lipinski definition) is 2. The Morgan fingerprint density at radius 3 is 2.69 bits per heavy atom. The van der Waals surface area contributed by atoms with Crippen molar-refractivity contribution >= 4 is 16.7 Å². The number of carbonyl (C=O) groups excluding carboxylic acids is 1. The van der Waals surface area contributed by atoms with Gasteiger partial charge in [0, 0.05) is 22.1 Å². The Kier molecular flexibility index (Phi) is 5.98. The molecule has 2 unspecified atom stereocenters. The molecule has 5 heteroatoms. The number of rotatable bonds is 6. The lowest BCUT2D eigenvalue weighted by atomic mass is 10.2. The van der Waals surface area contributed by atoms with Gasteiger partial charge in [-0.1, -0.05) is 19.8 Å². The molecule has 1 aliphatic rings. The van der Waals surface area contributed by atoms with E-state index in [0.29, 0.717) is 19.0 Å². The van der Waals surface area contributed by atoms with Gasteiger partial charge < -0.3 is 11.1 Å². The third-order valence-corrected chi connectivity index (χ3v) is 4.70. The van der Waals surface area contributed by atoms with Crippen LogP contribution in [0.4, 0.5) is 0 Å². The molecule has 3 N–H and O–H groups in total. The Morgan fingerprint density at radius 1 is 1.50 bits per heavy atom. The summed E-state index contributed by atoms with van der Waals surface area (Å²) in [5.41, 5.74) is 5.40. The fourth-order valence-electron chi connectivity index (χ4n) is 1.98. The highest BCUT2D eigenvalue weighted by atomic mass is 32.2. The fourth-order valence-corrected chi connectivity index (χ4v) is 3.00. The molecule has 0 aromatic rings. The second-order valence-corrected chi connectivity index (χ2v) is 6.32. The minimum atomic E-state index is -1.09. The van der Waals surface area contributed by atoms with Gasteiger partial charge in [-0.3, -0.25) is 9.00 Å². The zero-order valence-electron chi connectivity index (χ0n) is 9.91. The largest absolute Gasteiger partial charge is 0.353 e. The van der Waals surface area contributed by atoms with Gasteiger partial charge in [0.15, 0.2) is 0 Å². The SMILES string of the molecule is CC(CCN)S(=O)CC(=O)NC1CCCC1. The van der Waals surface area contributed by atoms with Crippen LogP contribution in [-0.2, 0) is 15.6 Å². The van der Waals surface area contributed by atoms with Crippen LogP contribution < -0.4 is 11.1 Å². The minimum absolute atomic E-state index is 0.0133. The summed E-state index contributed by atoms with van der Waals surface area (Å²) in [4.78, 5) is 11.6. The molecule has 94 valence electrons. The Morgan fingerprint density at radius 2 is 2.12 bits per heavy atom. The Balaban J connectivity index is 2.24. The van der Waals surface area contributed by atoms with Crippen LogP contribution in [-0.4, -0.2) is 33.7 Å². The van der Waals surface area contributed by atoms with Gasteiger partial charge in [-0.25, -0.2) is 0 Å². The van der Waals surface area contributed by atoms with Gasteiger partial charge in [0.1, 0.15) is 5.75 Å². The van der Waals surface area contributed by atoms with Gasteiger partial charge in [-0.15, -0.1) is 0 Å². The molecule has 0 aromatic carbocycles. The van der Waals surface area contributed by atoms with Crippen LogP contribution in [0.2, 0.25) is 0 Å². The minimum Gasteiger partial charge on any atom is -0.353 e. The summed E-state index contributed by atoms with van der Waals surface area (Å²) in [6, 6.07) is 0.314. The standard InChI is InChI=1S/C11H22N2O2S/c1-9(6-7-12)16(15)8-11(14)13-10-4-2-3-5-10/h9-10H,2-8,12H2,1H3,(H,13,14). The summed E-state index contributed by atoms with van der Waals surface area (Å²) in [5, 5.41) is 2.96. The Labute approximate surface area is 99.8 Å². The van der Waals surface area contributed by atoms with E-state index < -0.39 is 10.8 Å². The summed E-state index contributed by atoms with van der Waals surface area (Å²) < 4.78 is 11.7. The number of nitrogens with one attached hydrogen (secondary N) is 1. The van der Waals surface area contributed by atoms with E-state index in [9.17, 15) is 9.00 Å². The summed E-state index contributed by atoms with van der Waals surface area (Å²) >= 11 is 0. The van der Waals surface area contributed by atoms with Crippen LogP contribution in [0, 0.1) is 0 Å². The van der Waals surface area contributed by atoms with Crippen LogP contribution in [0.25, 0.3) is 0 Å². The third kappa shape index (κ3) is 4.61. The van der Waals surface area contributed by atoms with Gasteiger partial charge in [0.25, 0.3) is 0 Å². The molecule has 4 nitrogen and oxygen atoms in total. The van der Waals surface area contributed by atoms with Gasteiger partial charge in [-0.2, -0.15) is 0 Å². The van der Waals surface area contributed by atoms with Gasteiger partial charge in [-0.05, 0) is 25.8 Å². The van der Waals surface area contributed by atoms with Crippen LogP contribution in [0.3, 0.4) is 0 Å². The number of hydrogen-bond acceptors (Lipinski definition) is 3. The average Bonchev–Trinajstić information content (AvgIpc) is 2.70. The molecule has 1 amide bonds. The summed E-state index contributed by atoms with van der Waals surface area (Å²) in [5.74, 6) is 0.0478. The Bertz CT molecular complexity index is 252. The van der Waals surface area contributed by atoms with E-state index in [1.54, 1.807) is 0 Å². The van der Waals surface area contributed by atoms with Crippen molar-refractivity contribution in [3.05, 3.63) is 0 Å². The lowest BCUT2D eigenvalue weighted by molar-refractivity contribution is -0.119.